The van der Waals surface area contributed by atoms with Gasteiger partial charge in [0.25, 0.3) is 0 Å². The Balaban J connectivity index is 1.25. The molecule has 0 aliphatic rings. The molecule has 0 saturated heterocycles. The Labute approximate surface area is 199 Å². The minimum atomic E-state index is 0.0638. The van der Waals surface area contributed by atoms with Crippen LogP contribution in [0.5, 0.6) is 11.5 Å². The van der Waals surface area contributed by atoms with E-state index in [-0.39, 0.29) is 11.6 Å². The molecule has 0 amide bonds. The van der Waals surface area contributed by atoms with Crippen molar-refractivity contribution in [1.82, 2.24) is 0 Å². The second-order valence-electron chi connectivity index (χ2n) is 8.01. The lowest BCUT2D eigenvalue weighted by molar-refractivity contribution is 0.100. The minimum Gasteiger partial charge on any atom is -0.490 e. The fraction of sp³-hybridized carbons (Fsp3) is 0.133. The molecule has 0 heterocycles. The Morgan fingerprint density at radius 2 is 0.735 bits per heavy atom. The van der Waals surface area contributed by atoms with E-state index in [1.807, 2.05) is 97.1 Å². The van der Waals surface area contributed by atoms with Crippen LogP contribution < -0.4 is 9.47 Å². The maximum Gasteiger partial charge on any atom is 0.159 e. The average molecular weight is 451 g/mol. The van der Waals surface area contributed by atoms with Gasteiger partial charge < -0.3 is 9.47 Å². The number of Topliss-reactive ketones (excluding diaryl/α,β-unsaturated/α-hetero) is 2. The molecule has 0 aliphatic heterocycles. The van der Waals surface area contributed by atoms with Crippen molar-refractivity contribution in [3.05, 3.63) is 108 Å². The van der Waals surface area contributed by atoms with Crippen LogP contribution in [-0.2, 0) is 0 Å². The Morgan fingerprint density at radius 3 is 1.00 bits per heavy atom. The Morgan fingerprint density at radius 1 is 0.471 bits per heavy atom. The predicted molar refractivity (Wildman–Crippen MR) is 135 cm³/mol. The smallest absolute Gasteiger partial charge is 0.159 e. The van der Waals surface area contributed by atoms with E-state index < -0.39 is 0 Å². The third kappa shape index (κ3) is 5.78. The Kier molecular flexibility index (Phi) is 7.19. The molecule has 4 nitrogen and oxygen atoms in total. The van der Waals surface area contributed by atoms with Crippen molar-refractivity contribution in [3.63, 3.8) is 0 Å². The SMILES string of the molecule is CC(=O)c1ccc(-c2ccc(OCCOc3ccc(-c4ccc(C(C)=O)cc4)cc3)cc2)cc1. The van der Waals surface area contributed by atoms with Crippen molar-refractivity contribution in [3.8, 4) is 33.8 Å². The first-order valence-corrected chi connectivity index (χ1v) is 11.2. The second kappa shape index (κ2) is 10.6. The van der Waals surface area contributed by atoms with Gasteiger partial charge in [-0.05, 0) is 60.4 Å². The number of hydrogen-bond donors (Lipinski definition) is 0. The fourth-order valence-electron chi connectivity index (χ4n) is 3.60. The number of hydrogen-bond acceptors (Lipinski definition) is 4. The van der Waals surface area contributed by atoms with Crippen LogP contribution in [0.2, 0.25) is 0 Å². The molecule has 0 N–H and O–H groups in total. The molecule has 0 radical (unpaired) electrons. The zero-order chi connectivity index (χ0) is 23.9. The van der Waals surface area contributed by atoms with Gasteiger partial charge in [0.15, 0.2) is 11.6 Å². The Hall–Kier alpha value is -4.18. The van der Waals surface area contributed by atoms with Crippen molar-refractivity contribution in [2.45, 2.75) is 13.8 Å². The van der Waals surface area contributed by atoms with Crippen molar-refractivity contribution >= 4 is 11.6 Å². The maximum absolute atomic E-state index is 11.4. The first-order chi connectivity index (χ1) is 16.5. The summed E-state index contributed by atoms with van der Waals surface area (Å²) < 4.78 is 11.6. The molecule has 0 spiro atoms. The molecular formula is C30H26O4. The average Bonchev–Trinajstić information content (AvgIpc) is 2.87. The van der Waals surface area contributed by atoms with Crippen molar-refractivity contribution in [2.75, 3.05) is 13.2 Å². The summed E-state index contributed by atoms with van der Waals surface area (Å²) in [4.78, 5) is 22.8. The molecule has 4 aromatic carbocycles. The van der Waals surface area contributed by atoms with Crippen LogP contribution in [-0.4, -0.2) is 24.8 Å². The minimum absolute atomic E-state index is 0.0638. The molecule has 170 valence electrons. The van der Waals surface area contributed by atoms with Gasteiger partial charge in [0.1, 0.15) is 24.7 Å². The highest BCUT2D eigenvalue weighted by Gasteiger charge is 2.04. The summed E-state index contributed by atoms with van der Waals surface area (Å²) in [5.41, 5.74) is 5.66. The van der Waals surface area contributed by atoms with Crippen LogP contribution in [0.25, 0.3) is 22.3 Å². The molecule has 0 bridgehead atoms. The van der Waals surface area contributed by atoms with Gasteiger partial charge >= 0.3 is 0 Å². The second-order valence-corrected chi connectivity index (χ2v) is 8.01. The van der Waals surface area contributed by atoms with Gasteiger partial charge in [-0.15, -0.1) is 0 Å². The van der Waals surface area contributed by atoms with E-state index >= 15 is 0 Å². The highest BCUT2D eigenvalue weighted by atomic mass is 16.5. The van der Waals surface area contributed by atoms with E-state index in [1.54, 1.807) is 13.8 Å². The van der Waals surface area contributed by atoms with Crippen LogP contribution in [0.1, 0.15) is 34.6 Å². The van der Waals surface area contributed by atoms with Crippen LogP contribution in [0.4, 0.5) is 0 Å². The zero-order valence-electron chi connectivity index (χ0n) is 19.3. The molecular weight excluding hydrogens is 424 g/mol. The van der Waals surface area contributed by atoms with E-state index in [9.17, 15) is 9.59 Å². The summed E-state index contributed by atoms with van der Waals surface area (Å²) in [5, 5.41) is 0. The lowest BCUT2D eigenvalue weighted by atomic mass is 10.0. The third-order valence-electron chi connectivity index (χ3n) is 5.58. The molecule has 0 fully saturated rings. The van der Waals surface area contributed by atoms with E-state index in [1.165, 1.54) is 0 Å². The van der Waals surface area contributed by atoms with Gasteiger partial charge in [-0.2, -0.15) is 0 Å². The fourth-order valence-corrected chi connectivity index (χ4v) is 3.60. The zero-order valence-corrected chi connectivity index (χ0v) is 19.3. The van der Waals surface area contributed by atoms with Crippen LogP contribution in [0.3, 0.4) is 0 Å². The maximum atomic E-state index is 11.4. The Bertz CT molecular complexity index is 1150. The topological polar surface area (TPSA) is 52.6 Å². The van der Waals surface area contributed by atoms with E-state index in [0.29, 0.717) is 24.3 Å². The van der Waals surface area contributed by atoms with Gasteiger partial charge in [0.2, 0.25) is 0 Å². The molecule has 34 heavy (non-hydrogen) atoms. The predicted octanol–water partition coefficient (Wildman–Crippen LogP) is 6.88. The normalized spacial score (nSPS) is 10.5. The first kappa shape index (κ1) is 23.0. The van der Waals surface area contributed by atoms with Gasteiger partial charge in [-0.25, -0.2) is 0 Å². The number of ketones is 2. The number of carbonyl (C=O) groups excluding carboxylic acids is 2. The summed E-state index contributed by atoms with van der Waals surface area (Å²) in [6.07, 6.45) is 0. The molecule has 0 aliphatic carbocycles. The quantitative estimate of drug-likeness (QED) is 0.206. The van der Waals surface area contributed by atoms with Crippen LogP contribution >= 0.6 is 0 Å². The number of benzene rings is 4. The molecule has 4 heteroatoms. The lowest BCUT2D eigenvalue weighted by Gasteiger charge is -2.10. The molecule has 0 saturated carbocycles. The van der Waals surface area contributed by atoms with Crippen molar-refractivity contribution in [1.29, 1.82) is 0 Å². The molecule has 0 aromatic heterocycles. The monoisotopic (exact) mass is 450 g/mol. The highest BCUT2D eigenvalue weighted by Crippen LogP contribution is 2.24. The largest absolute Gasteiger partial charge is 0.490 e. The number of carbonyl (C=O) groups is 2. The summed E-state index contributed by atoms with van der Waals surface area (Å²) in [6, 6.07) is 30.9. The van der Waals surface area contributed by atoms with E-state index in [4.69, 9.17) is 9.47 Å². The van der Waals surface area contributed by atoms with E-state index in [0.717, 1.165) is 33.8 Å². The summed E-state index contributed by atoms with van der Waals surface area (Å²) >= 11 is 0. The van der Waals surface area contributed by atoms with E-state index in [2.05, 4.69) is 0 Å². The van der Waals surface area contributed by atoms with Crippen molar-refractivity contribution in [2.24, 2.45) is 0 Å². The van der Waals surface area contributed by atoms with Crippen LogP contribution in [0.15, 0.2) is 97.1 Å². The third-order valence-corrected chi connectivity index (χ3v) is 5.58. The van der Waals surface area contributed by atoms with Crippen molar-refractivity contribution < 1.29 is 19.1 Å². The van der Waals surface area contributed by atoms with Gasteiger partial charge in [-0.1, -0.05) is 72.8 Å². The molecule has 0 atom stereocenters. The van der Waals surface area contributed by atoms with Crippen LogP contribution in [0, 0.1) is 0 Å². The molecule has 4 aromatic rings. The lowest BCUT2D eigenvalue weighted by Crippen LogP contribution is -2.08. The number of rotatable bonds is 9. The summed E-state index contributed by atoms with van der Waals surface area (Å²) in [7, 11) is 0. The molecule has 4 rings (SSSR count). The van der Waals surface area contributed by atoms with Gasteiger partial charge in [-0.3, -0.25) is 9.59 Å². The number of ether oxygens (including phenoxy) is 2. The van der Waals surface area contributed by atoms with Gasteiger partial charge in [0.05, 0.1) is 0 Å². The standard InChI is InChI=1S/C30H26O4/c1-21(31)23-3-7-25(8-4-23)27-11-15-29(16-12-27)33-19-20-34-30-17-13-28(14-18-30)26-9-5-24(6-10-26)22(2)32/h3-18H,19-20H2,1-2H3. The summed E-state index contributed by atoms with van der Waals surface area (Å²) in [5.74, 6) is 1.68. The first-order valence-electron chi connectivity index (χ1n) is 11.2. The van der Waals surface area contributed by atoms with Gasteiger partial charge in [0, 0.05) is 11.1 Å². The highest BCUT2D eigenvalue weighted by molar-refractivity contribution is 5.95. The summed E-state index contributed by atoms with van der Waals surface area (Å²) in [6.45, 7) is 4.00. The molecule has 0 unspecified atom stereocenters.